The molecule has 0 N–H and O–H groups in total. The second-order valence-electron chi connectivity index (χ2n) is 7.23. The Morgan fingerprint density at radius 2 is 1.68 bits per heavy atom. The number of carbonyl (C=O) groups is 1. The van der Waals surface area contributed by atoms with Crippen LogP contribution in [0.4, 0.5) is 4.39 Å². The largest absolute Gasteiger partial charge is 0.443 e. The molecule has 0 bridgehead atoms. The highest BCUT2D eigenvalue weighted by Gasteiger charge is 2.48. The number of hydrogen-bond acceptors (Lipinski definition) is 3. The Morgan fingerprint density at radius 1 is 1.08 bits per heavy atom. The quantitative estimate of drug-likeness (QED) is 0.819. The SMILES string of the molecule is CC(C)(C)C(=O)N1N=C(c2ccccc2)OC1(C)c1ccc(F)cc1. The van der Waals surface area contributed by atoms with Gasteiger partial charge in [0.15, 0.2) is 0 Å². The molecule has 0 saturated heterocycles. The summed E-state index contributed by atoms with van der Waals surface area (Å²) in [7, 11) is 0. The van der Waals surface area contributed by atoms with Crippen molar-refractivity contribution in [2.75, 3.05) is 0 Å². The maximum absolute atomic E-state index is 13.3. The predicted octanol–water partition coefficient (Wildman–Crippen LogP) is 4.27. The van der Waals surface area contributed by atoms with E-state index in [4.69, 9.17) is 4.74 Å². The normalized spacial score (nSPS) is 20.2. The van der Waals surface area contributed by atoms with Crippen molar-refractivity contribution in [2.45, 2.75) is 33.4 Å². The molecule has 1 aliphatic heterocycles. The molecular formula is C20H21FN2O2. The van der Waals surface area contributed by atoms with Crippen molar-refractivity contribution in [3.8, 4) is 0 Å². The lowest BCUT2D eigenvalue weighted by Gasteiger charge is -2.35. The Bertz CT molecular complexity index is 810. The van der Waals surface area contributed by atoms with Gasteiger partial charge in [-0.2, -0.15) is 5.01 Å². The average molecular weight is 340 g/mol. The number of halogens is 1. The Morgan fingerprint density at radius 3 is 2.24 bits per heavy atom. The van der Waals surface area contributed by atoms with Crippen LogP contribution in [0.1, 0.15) is 38.8 Å². The van der Waals surface area contributed by atoms with Gasteiger partial charge < -0.3 is 4.74 Å². The van der Waals surface area contributed by atoms with E-state index in [-0.39, 0.29) is 11.7 Å². The first-order valence-electron chi connectivity index (χ1n) is 8.15. The minimum absolute atomic E-state index is 0.176. The average Bonchev–Trinajstić information content (AvgIpc) is 2.93. The molecule has 0 spiro atoms. The molecule has 2 aromatic carbocycles. The number of hydrazone groups is 1. The second-order valence-corrected chi connectivity index (χ2v) is 7.23. The van der Waals surface area contributed by atoms with E-state index in [1.165, 1.54) is 17.1 Å². The van der Waals surface area contributed by atoms with Crippen LogP contribution >= 0.6 is 0 Å². The molecule has 0 radical (unpaired) electrons. The van der Waals surface area contributed by atoms with Crippen molar-refractivity contribution in [1.29, 1.82) is 0 Å². The zero-order valence-corrected chi connectivity index (χ0v) is 14.8. The van der Waals surface area contributed by atoms with Gasteiger partial charge in [0.2, 0.25) is 11.6 Å². The maximum atomic E-state index is 13.3. The van der Waals surface area contributed by atoms with Crippen molar-refractivity contribution in [3.05, 3.63) is 71.5 Å². The van der Waals surface area contributed by atoms with Crippen LogP contribution in [0.2, 0.25) is 0 Å². The minimum atomic E-state index is -1.14. The van der Waals surface area contributed by atoms with E-state index in [1.54, 1.807) is 19.1 Å². The Hall–Kier alpha value is -2.69. The van der Waals surface area contributed by atoms with Crippen molar-refractivity contribution in [3.63, 3.8) is 0 Å². The van der Waals surface area contributed by atoms with Crippen LogP contribution in [0, 0.1) is 11.2 Å². The first kappa shape index (κ1) is 17.1. The van der Waals surface area contributed by atoms with Crippen molar-refractivity contribution < 1.29 is 13.9 Å². The number of benzene rings is 2. The molecule has 0 saturated carbocycles. The summed E-state index contributed by atoms with van der Waals surface area (Å²) < 4.78 is 19.5. The first-order valence-corrected chi connectivity index (χ1v) is 8.15. The fraction of sp³-hybridized carbons (Fsp3) is 0.300. The number of nitrogens with zero attached hydrogens (tertiary/aromatic N) is 2. The third-order valence-corrected chi connectivity index (χ3v) is 4.12. The number of hydrogen-bond donors (Lipinski definition) is 0. The minimum Gasteiger partial charge on any atom is -0.443 e. The molecule has 4 nitrogen and oxygen atoms in total. The molecule has 2 aromatic rings. The molecular weight excluding hydrogens is 319 g/mol. The lowest BCUT2D eigenvalue weighted by Crippen LogP contribution is -2.47. The molecule has 1 heterocycles. The monoisotopic (exact) mass is 340 g/mol. The van der Waals surface area contributed by atoms with E-state index in [2.05, 4.69) is 5.10 Å². The van der Waals surface area contributed by atoms with E-state index in [0.717, 1.165) is 5.56 Å². The molecule has 0 fully saturated rings. The molecule has 3 rings (SSSR count). The molecule has 1 amide bonds. The van der Waals surface area contributed by atoms with Gasteiger partial charge in [-0.05, 0) is 24.3 Å². The number of amides is 1. The van der Waals surface area contributed by atoms with Crippen molar-refractivity contribution >= 4 is 11.8 Å². The highest BCUT2D eigenvalue weighted by molar-refractivity contribution is 5.97. The van der Waals surface area contributed by atoms with Crippen LogP contribution in [-0.4, -0.2) is 16.8 Å². The van der Waals surface area contributed by atoms with Crippen LogP contribution in [0.15, 0.2) is 59.7 Å². The summed E-state index contributed by atoms with van der Waals surface area (Å²) in [4.78, 5) is 13.0. The summed E-state index contributed by atoms with van der Waals surface area (Å²) >= 11 is 0. The predicted molar refractivity (Wildman–Crippen MR) is 94.1 cm³/mol. The van der Waals surface area contributed by atoms with Crippen LogP contribution in [0.5, 0.6) is 0 Å². The van der Waals surface area contributed by atoms with E-state index < -0.39 is 11.1 Å². The van der Waals surface area contributed by atoms with Crippen molar-refractivity contribution in [1.82, 2.24) is 5.01 Å². The second kappa shape index (κ2) is 5.99. The van der Waals surface area contributed by atoms with Gasteiger partial charge in [0, 0.05) is 23.5 Å². The zero-order valence-electron chi connectivity index (χ0n) is 14.8. The van der Waals surface area contributed by atoms with Crippen molar-refractivity contribution in [2.24, 2.45) is 10.5 Å². The Labute approximate surface area is 146 Å². The zero-order chi connectivity index (χ0) is 18.2. The lowest BCUT2D eigenvalue weighted by atomic mass is 9.93. The summed E-state index contributed by atoms with van der Waals surface area (Å²) in [6.45, 7) is 7.26. The van der Waals surface area contributed by atoms with Gasteiger partial charge >= 0.3 is 0 Å². The van der Waals surface area contributed by atoms with E-state index in [9.17, 15) is 9.18 Å². The Balaban J connectivity index is 2.08. The summed E-state index contributed by atoms with van der Waals surface area (Å²) in [5.74, 6) is -0.154. The van der Waals surface area contributed by atoms with Gasteiger partial charge in [-0.3, -0.25) is 4.79 Å². The van der Waals surface area contributed by atoms with Crippen LogP contribution in [0.3, 0.4) is 0 Å². The fourth-order valence-electron chi connectivity index (χ4n) is 2.63. The maximum Gasteiger partial charge on any atom is 0.251 e. The molecule has 1 aliphatic rings. The summed E-state index contributed by atoms with van der Waals surface area (Å²) in [6, 6.07) is 15.3. The van der Waals surface area contributed by atoms with Crippen LogP contribution < -0.4 is 0 Å². The molecule has 1 atom stereocenters. The van der Waals surface area contributed by atoms with Gasteiger partial charge in [0.05, 0.1) is 0 Å². The van der Waals surface area contributed by atoms with Gasteiger partial charge in [-0.25, -0.2) is 4.39 Å². The van der Waals surface area contributed by atoms with Gasteiger partial charge in [0.25, 0.3) is 5.91 Å². The lowest BCUT2D eigenvalue weighted by molar-refractivity contribution is -0.157. The fourth-order valence-corrected chi connectivity index (χ4v) is 2.63. The van der Waals surface area contributed by atoms with Gasteiger partial charge in [-0.1, -0.05) is 51.1 Å². The standard InChI is InChI=1S/C20H21FN2O2/c1-19(2,3)18(24)23-20(4,15-10-12-16(21)13-11-15)25-17(22-23)14-8-6-5-7-9-14/h5-13H,1-4H3. The third-order valence-electron chi connectivity index (χ3n) is 4.12. The summed E-state index contributed by atoms with van der Waals surface area (Å²) in [5, 5.41) is 5.82. The molecule has 0 aliphatic carbocycles. The molecule has 25 heavy (non-hydrogen) atoms. The van der Waals surface area contributed by atoms with Crippen LogP contribution in [0.25, 0.3) is 0 Å². The Kier molecular flexibility index (Phi) is 4.11. The van der Waals surface area contributed by atoms with E-state index in [0.29, 0.717) is 11.5 Å². The third kappa shape index (κ3) is 3.14. The van der Waals surface area contributed by atoms with Crippen LogP contribution in [-0.2, 0) is 15.3 Å². The topological polar surface area (TPSA) is 41.9 Å². The molecule has 5 heteroatoms. The molecule has 130 valence electrons. The number of carbonyl (C=O) groups excluding carboxylic acids is 1. The summed E-state index contributed by atoms with van der Waals surface area (Å²) in [6.07, 6.45) is 0. The highest BCUT2D eigenvalue weighted by atomic mass is 19.1. The van der Waals surface area contributed by atoms with Gasteiger partial charge in [-0.15, -0.1) is 5.10 Å². The summed E-state index contributed by atoms with van der Waals surface area (Å²) in [5.41, 5.74) is -0.343. The van der Waals surface area contributed by atoms with Gasteiger partial charge in [0.1, 0.15) is 5.82 Å². The number of ether oxygens (including phenoxy) is 1. The molecule has 0 aromatic heterocycles. The van der Waals surface area contributed by atoms with E-state index >= 15 is 0 Å². The highest BCUT2D eigenvalue weighted by Crippen LogP contribution is 2.39. The molecule has 1 unspecified atom stereocenters. The first-order chi connectivity index (χ1) is 11.7. The smallest absolute Gasteiger partial charge is 0.251 e. The van der Waals surface area contributed by atoms with E-state index in [1.807, 2.05) is 51.1 Å². The number of rotatable bonds is 2.